The Morgan fingerprint density at radius 1 is 0.600 bits per heavy atom. The summed E-state index contributed by atoms with van der Waals surface area (Å²) in [6.07, 6.45) is 0. The first-order chi connectivity index (χ1) is 12.3. The van der Waals surface area contributed by atoms with Crippen molar-refractivity contribution >= 4 is 37.5 Å². The number of nitriles is 1. The van der Waals surface area contributed by atoms with E-state index in [9.17, 15) is 0 Å². The fraction of sp³-hybridized carbons (Fsp3) is 0. The van der Waals surface area contributed by atoms with E-state index >= 15 is 0 Å². The van der Waals surface area contributed by atoms with Crippen molar-refractivity contribution in [1.82, 2.24) is 0 Å². The number of hydrogen-bond acceptors (Lipinski definition) is 1. The van der Waals surface area contributed by atoms with Crippen LogP contribution >= 0.6 is 15.9 Å². The van der Waals surface area contributed by atoms with Gasteiger partial charge in [-0.25, -0.2) is 0 Å². The molecule has 0 unspecified atom stereocenters. The molecule has 1 nitrogen and oxygen atoms in total. The third-order valence-electron chi connectivity index (χ3n) is 4.21. The Kier molecular flexibility index (Phi) is 3.98. The molecule has 0 aromatic heterocycles. The molecule has 4 aromatic carbocycles. The molecule has 0 aliphatic heterocycles. The van der Waals surface area contributed by atoms with Gasteiger partial charge in [0, 0.05) is 15.6 Å². The molecule has 0 saturated carbocycles. The highest BCUT2D eigenvalue weighted by atomic mass is 79.9. The van der Waals surface area contributed by atoms with E-state index in [2.05, 4.69) is 58.1 Å². The lowest BCUT2D eigenvalue weighted by molar-refractivity contribution is 1.48. The fourth-order valence-electron chi connectivity index (χ4n) is 2.97. The molecular weight excluding hydrogens is 370 g/mol. The number of hydrogen-bond donors (Lipinski definition) is 0. The average Bonchev–Trinajstić information content (AvgIpc) is 2.68. The standard InChI is InChI=1S/C23H12BrN/c24-23-21-7-3-1-5-18(21)20(19-6-2-4-8-22(19)23)14-13-16-9-11-17(15-25)12-10-16/h1-12H. The minimum atomic E-state index is 0.644. The summed E-state index contributed by atoms with van der Waals surface area (Å²) >= 11 is 3.75. The van der Waals surface area contributed by atoms with Gasteiger partial charge in [-0.1, -0.05) is 60.4 Å². The maximum absolute atomic E-state index is 8.91. The van der Waals surface area contributed by atoms with Gasteiger partial charge in [0.15, 0.2) is 0 Å². The molecule has 2 heteroatoms. The Balaban J connectivity index is 1.98. The van der Waals surface area contributed by atoms with Crippen LogP contribution in [0.3, 0.4) is 0 Å². The molecule has 0 aliphatic rings. The predicted molar refractivity (Wildman–Crippen MR) is 106 cm³/mol. The van der Waals surface area contributed by atoms with Gasteiger partial charge in [-0.3, -0.25) is 0 Å². The van der Waals surface area contributed by atoms with Crippen molar-refractivity contribution in [3.8, 4) is 17.9 Å². The first-order valence-electron chi connectivity index (χ1n) is 7.89. The predicted octanol–water partition coefficient (Wildman–Crippen LogP) is 6.03. The summed E-state index contributed by atoms with van der Waals surface area (Å²) in [6, 6.07) is 26.1. The molecule has 0 bridgehead atoms. The normalized spacial score (nSPS) is 10.2. The molecular formula is C23H12BrN. The molecule has 25 heavy (non-hydrogen) atoms. The van der Waals surface area contributed by atoms with Crippen LogP contribution in [0.1, 0.15) is 16.7 Å². The summed E-state index contributed by atoms with van der Waals surface area (Å²) in [5, 5.41) is 13.5. The van der Waals surface area contributed by atoms with E-state index in [1.807, 2.05) is 36.4 Å². The monoisotopic (exact) mass is 381 g/mol. The Morgan fingerprint density at radius 2 is 1.08 bits per heavy atom. The minimum absolute atomic E-state index is 0.644. The van der Waals surface area contributed by atoms with E-state index in [1.165, 1.54) is 0 Å². The number of nitrogens with zero attached hydrogens (tertiary/aromatic N) is 1. The second-order valence-electron chi connectivity index (χ2n) is 5.72. The molecule has 0 aliphatic carbocycles. The van der Waals surface area contributed by atoms with Gasteiger partial charge in [0.2, 0.25) is 0 Å². The minimum Gasteiger partial charge on any atom is -0.192 e. The summed E-state index contributed by atoms with van der Waals surface area (Å²) in [7, 11) is 0. The van der Waals surface area contributed by atoms with Crippen LogP contribution < -0.4 is 0 Å². The Labute approximate surface area is 154 Å². The van der Waals surface area contributed by atoms with E-state index in [-0.39, 0.29) is 0 Å². The smallest absolute Gasteiger partial charge is 0.0991 e. The van der Waals surface area contributed by atoms with Crippen molar-refractivity contribution in [3.05, 3.63) is 94.0 Å². The molecule has 0 amide bonds. The van der Waals surface area contributed by atoms with Crippen LogP contribution in [0.4, 0.5) is 0 Å². The summed E-state index contributed by atoms with van der Waals surface area (Å²) < 4.78 is 1.10. The first-order valence-corrected chi connectivity index (χ1v) is 8.68. The van der Waals surface area contributed by atoms with Crippen LogP contribution in [0.15, 0.2) is 77.3 Å². The molecule has 0 fully saturated rings. The van der Waals surface area contributed by atoms with Crippen LogP contribution in [-0.2, 0) is 0 Å². The maximum atomic E-state index is 8.91. The van der Waals surface area contributed by atoms with E-state index < -0.39 is 0 Å². The van der Waals surface area contributed by atoms with Crippen LogP contribution in [0, 0.1) is 23.2 Å². The number of benzene rings is 4. The Morgan fingerprint density at radius 3 is 1.60 bits per heavy atom. The zero-order valence-electron chi connectivity index (χ0n) is 13.3. The third-order valence-corrected chi connectivity index (χ3v) is 5.07. The van der Waals surface area contributed by atoms with Gasteiger partial charge in [0.25, 0.3) is 0 Å². The second kappa shape index (κ2) is 6.44. The van der Waals surface area contributed by atoms with Crippen LogP contribution in [0.2, 0.25) is 0 Å². The lowest BCUT2D eigenvalue weighted by Crippen LogP contribution is -1.87. The second-order valence-corrected chi connectivity index (χ2v) is 6.51. The van der Waals surface area contributed by atoms with E-state index in [4.69, 9.17) is 5.26 Å². The molecule has 0 spiro atoms. The summed E-state index contributed by atoms with van der Waals surface area (Å²) in [5.41, 5.74) is 2.57. The largest absolute Gasteiger partial charge is 0.192 e. The van der Waals surface area contributed by atoms with Crippen molar-refractivity contribution in [1.29, 1.82) is 5.26 Å². The number of rotatable bonds is 0. The van der Waals surface area contributed by atoms with Crippen molar-refractivity contribution < 1.29 is 0 Å². The molecule has 4 rings (SSSR count). The van der Waals surface area contributed by atoms with Gasteiger partial charge < -0.3 is 0 Å². The highest BCUT2D eigenvalue weighted by Gasteiger charge is 2.10. The summed E-state index contributed by atoms with van der Waals surface area (Å²) in [6.45, 7) is 0. The van der Waals surface area contributed by atoms with Crippen molar-refractivity contribution in [2.45, 2.75) is 0 Å². The lowest BCUT2D eigenvalue weighted by atomic mass is 9.97. The number of fused-ring (bicyclic) bond motifs is 2. The SMILES string of the molecule is N#Cc1ccc(C#Cc2c3ccccc3c(Br)c3ccccc23)cc1. The quantitative estimate of drug-likeness (QED) is 0.269. The van der Waals surface area contributed by atoms with Gasteiger partial charge in [0.1, 0.15) is 0 Å². The van der Waals surface area contributed by atoms with Crippen LogP contribution in [0.25, 0.3) is 21.5 Å². The number of halogens is 1. The maximum Gasteiger partial charge on any atom is 0.0991 e. The van der Waals surface area contributed by atoms with E-state index in [0.29, 0.717) is 5.56 Å². The average molecular weight is 382 g/mol. The van der Waals surface area contributed by atoms with Gasteiger partial charge >= 0.3 is 0 Å². The molecule has 116 valence electrons. The Hall–Kier alpha value is -3.07. The lowest BCUT2D eigenvalue weighted by Gasteiger charge is -2.09. The highest BCUT2D eigenvalue weighted by molar-refractivity contribution is 9.10. The topological polar surface area (TPSA) is 23.8 Å². The molecule has 0 heterocycles. The van der Waals surface area contributed by atoms with Gasteiger partial charge in [-0.15, -0.1) is 0 Å². The fourth-order valence-corrected chi connectivity index (χ4v) is 3.66. The summed E-state index contributed by atoms with van der Waals surface area (Å²) in [5.74, 6) is 6.60. The van der Waals surface area contributed by atoms with Crippen molar-refractivity contribution in [2.75, 3.05) is 0 Å². The highest BCUT2D eigenvalue weighted by Crippen LogP contribution is 2.35. The van der Waals surface area contributed by atoms with E-state index in [1.54, 1.807) is 12.1 Å². The molecule has 4 aromatic rings. The molecule has 0 atom stereocenters. The van der Waals surface area contributed by atoms with E-state index in [0.717, 1.165) is 37.1 Å². The molecule has 0 saturated heterocycles. The first kappa shape index (κ1) is 15.5. The van der Waals surface area contributed by atoms with Gasteiger partial charge in [-0.2, -0.15) is 5.26 Å². The van der Waals surface area contributed by atoms with Crippen LogP contribution in [0.5, 0.6) is 0 Å². The van der Waals surface area contributed by atoms with Gasteiger partial charge in [0.05, 0.1) is 11.6 Å². The Bertz CT molecular complexity index is 1150. The third kappa shape index (κ3) is 2.78. The molecule has 0 radical (unpaired) electrons. The van der Waals surface area contributed by atoms with Crippen LogP contribution in [-0.4, -0.2) is 0 Å². The van der Waals surface area contributed by atoms with Crippen molar-refractivity contribution in [3.63, 3.8) is 0 Å². The van der Waals surface area contributed by atoms with Gasteiger partial charge in [-0.05, 0) is 61.7 Å². The van der Waals surface area contributed by atoms with Crippen molar-refractivity contribution in [2.24, 2.45) is 0 Å². The molecule has 0 N–H and O–H groups in total. The summed E-state index contributed by atoms with van der Waals surface area (Å²) in [4.78, 5) is 0. The zero-order valence-corrected chi connectivity index (χ0v) is 14.8. The zero-order chi connectivity index (χ0) is 17.2.